The van der Waals surface area contributed by atoms with E-state index in [1.165, 1.54) is 19.9 Å². The van der Waals surface area contributed by atoms with Gasteiger partial charge < -0.3 is 122 Å². The van der Waals surface area contributed by atoms with E-state index >= 15 is 0 Å². The fourth-order valence-electron chi connectivity index (χ4n) is 10.9. The number of nitrogens with zero attached hydrogens (tertiary/aromatic N) is 2. The van der Waals surface area contributed by atoms with Crippen molar-refractivity contribution in [1.82, 2.24) is 4.57 Å². The summed E-state index contributed by atoms with van der Waals surface area (Å²) in [6.07, 6.45) is 0. The molecule has 0 unspecified atom stereocenters. The van der Waals surface area contributed by atoms with Gasteiger partial charge in [-0.25, -0.2) is 0 Å². The molecular weight excluding hydrogens is 1110 g/mol. The van der Waals surface area contributed by atoms with Crippen molar-refractivity contribution in [1.29, 1.82) is 0 Å². The third kappa shape index (κ3) is 6.86. The van der Waals surface area contributed by atoms with Crippen molar-refractivity contribution in [2.75, 3.05) is 4.90 Å². The second kappa shape index (κ2) is 17.6. The Bertz CT molecular complexity index is 4660. The number of hydrogen-bond donors (Lipinski definition) is 23. The smallest absolute Gasteiger partial charge is 0.208 e. The Labute approximate surface area is 469 Å². The van der Waals surface area contributed by atoms with Gasteiger partial charge in [-0.3, -0.25) is 4.90 Å². The topological polar surface area (TPSA) is 462 Å². The van der Waals surface area contributed by atoms with Gasteiger partial charge >= 0.3 is 0 Å². The van der Waals surface area contributed by atoms with Gasteiger partial charge in [0.2, 0.25) is 34.5 Å². The molecule has 25 nitrogen and oxygen atoms in total. The van der Waals surface area contributed by atoms with Gasteiger partial charge in [0.05, 0.1) is 44.7 Å². The Balaban J connectivity index is 1.39. The van der Waals surface area contributed by atoms with Crippen molar-refractivity contribution in [2.24, 2.45) is 0 Å². The molecule has 83 heavy (non-hydrogen) atoms. The number of phenolic OH excluding ortho intramolecular Hbond substituents is 22. The van der Waals surface area contributed by atoms with Crippen LogP contribution < -0.4 is 20.6 Å². The second-order valence-electron chi connectivity index (χ2n) is 19.7. The van der Waals surface area contributed by atoms with Crippen LogP contribution in [0.3, 0.4) is 0 Å². The Morgan fingerprint density at radius 1 is 0.373 bits per heavy atom. The first-order valence-electron chi connectivity index (χ1n) is 24.1. The summed E-state index contributed by atoms with van der Waals surface area (Å²) in [5, 5.41) is 250. The number of aryl methyl sites for hydroxylation is 2. The molecule has 0 aliphatic carbocycles. The molecule has 9 aromatic carbocycles. The Morgan fingerprint density at radius 2 is 0.928 bits per heavy atom. The number of ether oxygens (including phenoxy) is 1. The highest BCUT2D eigenvalue weighted by molar-refractivity contribution is 7.80. The molecule has 0 radical (unpaired) electrons. The molecule has 422 valence electrons. The van der Waals surface area contributed by atoms with Gasteiger partial charge in [0.1, 0.15) is 49.9 Å². The molecule has 2 heterocycles. The predicted octanol–water partition coefficient (Wildman–Crippen LogP) is 5.77. The molecule has 0 fully saturated rings. The maximum absolute atomic E-state index is 13.5. The zero-order valence-corrected chi connectivity index (χ0v) is 43.9. The molecule has 28 heteroatoms. The van der Waals surface area contributed by atoms with Crippen molar-refractivity contribution in [3.05, 3.63) is 53.1 Å². The van der Waals surface area contributed by atoms with Crippen LogP contribution in [0.1, 0.15) is 16.7 Å². The minimum Gasteiger partial charge on any atom is -0.508 e. The number of phenols is 22. The summed E-state index contributed by atoms with van der Waals surface area (Å²) in [4.78, 5) is 0.756. The Morgan fingerprint density at radius 3 is 1.57 bits per heavy atom. The Kier molecular flexibility index (Phi) is 11.4. The zero-order chi connectivity index (χ0) is 60.7. The van der Waals surface area contributed by atoms with Gasteiger partial charge in [0, 0.05) is 44.3 Å². The lowest BCUT2D eigenvalue weighted by Crippen LogP contribution is -2.17. The molecule has 22 N–H and O–H groups in total. The van der Waals surface area contributed by atoms with Crippen LogP contribution in [0.4, 0.5) is 17.1 Å². The lowest BCUT2D eigenvalue weighted by Gasteiger charge is -2.35. The fraction of sp³-hybridized carbons (Fsp3) is 0.0545. The molecule has 0 amide bonds. The molecule has 0 saturated carbocycles. The SMILES string of the molecule is Bc1c(O)c(O)c(O)c(-c2c(O)cc(N3c4cc(O)c(-c5c(O)c(O)c(O)c(O)c5O)cc4Oc4c3c(O)c3c(c4O)c4c(-c5cc(O)c(O)c(O)c5C)cc5c(O)c(S)c(B)c(C)c5c4n3-c3cc(C)c(O)c(O)c3O)c(O)c2O)c1O. The van der Waals surface area contributed by atoms with Crippen LogP contribution in [0.15, 0.2) is 41.3 Å². The fourth-order valence-corrected chi connectivity index (χ4v) is 11.2. The molecule has 0 spiro atoms. The van der Waals surface area contributed by atoms with Gasteiger partial charge in [-0.05, 0) is 72.8 Å². The van der Waals surface area contributed by atoms with E-state index in [0.717, 1.165) is 36.7 Å². The third-order valence-corrected chi connectivity index (χ3v) is 15.9. The summed E-state index contributed by atoms with van der Waals surface area (Å²) < 4.78 is 7.46. The standard InChI is InChI=1S/C55H42B2N2O23S/c1-10-4-18(39(67)49(77)35(10)63)59-32-24-12(3)30(56)55(83)37(65)16(24)5-14(13-6-22(62)40(68)36(64)11(13)2)25(32)28-33(59)48(76)34-54(46(28)74)82-23-7-15(26-42(70)51(79)53(81)52(80)43(26)71)20(60)8-17(23)58(34)19-9-21(61)27(44(72)38(19)66)29-41(69)31(57)47(75)50(78)45(29)73/h4-9,60-81,83H,56-57H2,1-3H3. The molecule has 11 rings (SSSR count). The Hall–Kier alpha value is -11.3. The van der Waals surface area contributed by atoms with Crippen LogP contribution in [0.2, 0.25) is 0 Å². The van der Waals surface area contributed by atoms with E-state index in [-0.39, 0.29) is 48.8 Å². The van der Waals surface area contributed by atoms with E-state index in [9.17, 15) is 112 Å². The lowest BCUT2D eigenvalue weighted by molar-refractivity contribution is 0.329. The molecule has 1 aliphatic rings. The average Bonchev–Trinajstić information content (AvgIpc) is 1.61. The average molecular weight is 1150 g/mol. The van der Waals surface area contributed by atoms with E-state index in [2.05, 4.69) is 12.6 Å². The minimum absolute atomic E-state index is 0.0436. The first kappa shape index (κ1) is 53.7. The van der Waals surface area contributed by atoms with Gasteiger partial charge in [-0.2, -0.15) is 0 Å². The summed E-state index contributed by atoms with van der Waals surface area (Å²) in [6, 6.07) is 5.65. The van der Waals surface area contributed by atoms with Crippen LogP contribution in [0.5, 0.6) is 138 Å². The van der Waals surface area contributed by atoms with Crippen LogP contribution in [0, 0.1) is 20.8 Å². The summed E-state index contributed by atoms with van der Waals surface area (Å²) in [5.74, 6) is -26.4. The largest absolute Gasteiger partial charge is 0.508 e. The maximum Gasteiger partial charge on any atom is 0.208 e. The quantitative estimate of drug-likeness (QED) is 0.0421. The number of hydrogen-bond acceptors (Lipinski definition) is 25. The summed E-state index contributed by atoms with van der Waals surface area (Å²) in [5.41, 5.74) is -7.64. The normalized spacial score (nSPS) is 12.1. The molecule has 0 bridgehead atoms. The van der Waals surface area contributed by atoms with E-state index < -0.39 is 199 Å². The van der Waals surface area contributed by atoms with Crippen LogP contribution in [-0.2, 0) is 0 Å². The molecule has 1 aromatic heterocycles. The van der Waals surface area contributed by atoms with Gasteiger partial charge in [0.15, 0.2) is 80.5 Å². The number of benzene rings is 9. The molecule has 10 aromatic rings. The van der Waals surface area contributed by atoms with Gasteiger partial charge in [-0.1, -0.05) is 5.46 Å². The number of aromatic nitrogens is 1. The summed E-state index contributed by atoms with van der Waals surface area (Å²) in [6.45, 7) is 4.22. The van der Waals surface area contributed by atoms with Crippen molar-refractivity contribution in [3.63, 3.8) is 0 Å². The zero-order valence-electron chi connectivity index (χ0n) is 43.1. The van der Waals surface area contributed by atoms with Crippen molar-refractivity contribution in [3.8, 4) is 177 Å². The molecule has 0 atom stereocenters. The van der Waals surface area contributed by atoms with Crippen molar-refractivity contribution in [2.45, 2.75) is 25.7 Å². The number of rotatable bonds is 5. The third-order valence-electron chi connectivity index (χ3n) is 15.3. The predicted molar refractivity (Wildman–Crippen MR) is 304 cm³/mol. The van der Waals surface area contributed by atoms with Crippen LogP contribution in [0.25, 0.3) is 71.6 Å². The minimum atomic E-state index is -1.42. The van der Waals surface area contributed by atoms with Crippen molar-refractivity contribution >= 4 is 88.9 Å². The van der Waals surface area contributed by atoms with Crippen LogP contribution in [-0.4, -0.2) is 133 Å². The van der Waals surface area contributed by atoms with Crippen LogP contribution >= 0.6 is 12.6 Å². The molecule has 0 saturated heterocycles. The number of fused-ring (bicyclic) bond motifs is 7. The molecule has 1 aliphatic heterocycles. The van der Waals surface area contributed by atoms with E-state index in [1.54, 1.807) is 14.8 Å². The highest BCUT2D eigenvalue weighted by atomic mass is 32.1. The van der Waals surface area contributed by atoms with Gasteiger partial charge in [-0.15, -0.1) is 12.6 Å². The monoisotopic (exact) mass is 1150 g/mol. The van der Waals surface area contributed by atoms with Crippen molar-refractivity contribution < 1.29 is 117 Å². The highest BCUT2D eigenvalue weighted by Crippen LogP contribution is 2.68. The van der Waals surface area contributed by atoms with E-state index in [1.807, 2.05) is 0 Å². The number of aromatic hydroxyl groups is 22. The lowest BCUT2D eigenvalue weighted by atomic mass is 9.84. The first-order valence-corrected chi connectivity index (χ1v) is 24.6. The summed E-state index contributed by atoms with van der Waals surface area (Å²) >= 11 is 4.58. The van der Waals surface area contributed by atoms with Gasteiger partial charge in [0.25, 0.3) is 0 Å². The summed E-state index contributed by atoms with van der Waals surface area (Å²) in [7, 11) is 2.65. The highest BCUT2D eigenvalue weighted by Gasteiger charge is 2.42. The number of thiol groups is 1. The van der Waals surface area contributed by atoms with E-state index in [0.29, 0.717) is 22.0 Å². The maximum atomic E-state index is 13.5. The molecular formula is C55H42B2N2O23S. The first-order chi connectivity index (χ1) is 38.9. The second-order valence-corrected chi connectivity index (χ2v) is 20.2. The number of anilines is 3. The van der Waals surface area contributed by atoms with E-state index in [4.69, 9.17) is 4.74 Å².